The van der Waals surface area contributed by atoms with Gasteiger partial charge in [-0.15, -0.1) is 0 Å². The van der Waals surface area contributed by atoms with Crippen LogP contribution in [0.15, 0.2) is 0 Å². The second-order valence-electron chi connectivity index (χ2n) is 4.02. The van der Waals surface area contributed by atoms with Crippen LogP contribution in [0.3, 0.4) is 0 Å². The molecule has 0 aromatic heterocycles. The molecule has 0 atom stereocenters. The van der Waals surface area contributed by atoms with E-state index in [1.165, 1.54) is 11.4 Å². The molecule has 2 N–H and O–H groups in total. The lowest BCUT2D eigenvalue weighted by Crippen LogP contribution is -2.37. The maximum atomic E-state index is 11.8. The number of nitrogens with one attached hydrogen (secondary N) is 1. The van der Waals surface area contributed by atoms with E-state index in [-0.39, 0.29) is 24.8 Å². The van der Waals surface area contributed by atoms with Gasteiger partial charge in [0.2, 0.25) is 10.0 Å². The van der Waals surface area contributed by atoms with E-state index in [0.717, 1.165) is 25.9 Å². The molecule has 0 bridgehead atoms. The molecule has 90 valence electrons. The quantitative estimate of drug-likeness (QED) is 0.658. The lowest BCUT2D eigenvalue weighted by Gasteiger charge is -2.24. The summed E-state index contributed by atoms with van der Waals surface area (Å²) in [6.45, 7) is 1.88. The summed E-state index contributed by atoms with van der Waals surface area (Å²) < 4.78 is 24.8. The number of nitrogens with zero attached hydrogens (tertiary/aromatic N) is 1. The molecule has 0 aromatic rings. The molecule has 1 fully saturated rings. The zero-order chi connectivity index (χ0) is 11.3. The fraction of sp³-hybridized carbons (Fsp3) is 1.00. The number of likely N-dealkylation sites (N-methyl/N-ethyl adjacent to an activating group) is 1. The van der Waals surface area contributed by atoms with Gasteiger partial charge in [0.15, 0.2) is 0 Å². The molecule has 1 aliphatic heterocycles. The molecule has 1 aliphatic rings. The van der Waals surface area contributed by atoms with E-state index in [2.05, 4.69) is 5.32 Å². The van der Waals surface area contributed by atoms with E-state index in [4.69, 9.17) is 5.11 Å². The summed E-state index contributed by atoms with van der Waals surface area (Å²) in [5.74, 6) is 0.475. The normalized spacial score (nSPS) is 19.7. The van der Waals surface area contributed by atoms with Crippen LogP contribution in [0.4, 0.5) is 0 Å². The predicted octanol–water partition coefficient (Wildman–Crippen LogP) is -0.760. The molecule has 1 rings (SSSR count). The van der Waals surface area contributed by atoms with Crippen LogP contribution in [0.1, 0.15) is 12.8 Å². The van der Waals surface area contributed by atoms with Gasteiger partial charge < -0.3 is 10.4 Å². The number of piperidine rings is 1. The van der Waals surface area contributed by atoms with Gasteiger partial charge in [-0.05, 0) is 31.8 Å². The zero-order valence-corrected chi connectivity index (χ0v) is 9.96. The van der Waals surface area contributed by atoms with Crippen LogP contribution in [-0.4, -0.2) is 56.9 Å². The highest BCUT2D eigenvalue weighted by Crippen LogP contribution is 2.15. The number of aliphatic hydroxyl groups excluding tert-OH is 1. The first-order valence-electron chi connectivity index (χ1n) is 5.32. The van der Waals surface area contributed by atoms with Crippen LogP contribution in [0.5, 0.6) is 0 Å². The smallest absolute Gasteiger partial charge is 0.214 e. The summed E-state index contributed by atoms with van der Waals surface area (Å²) in [5.41, 5.74) is 0. The van der Waals surface area contributed by atoms with E-state index in [1.807, 2.05) is 0 Å². The van der Waals surface area contributed by atoms with E-state index >= 15 is 0 Å². The Morgan fingerprint density at radius 3 is 2.53 bits per heavy atom. The summed E-state index contributed by atoms with van der Waals surface area (Å²) in [6.07, 6.45) is 1.85. The monoisotopic (exact) mass is 236 g/mol. The number of sulfonamides is 1. The van der Waals surface area contributed by atoms with Gasteiger partial charge in [0.05, 0.1) is 12.4 Å². The highest BCUT2D eigenvalue weighted by molar-refractivity contribution is 7.89. The van der Waals surface area contributed by atoms with Gasteiger partial charge in [-0.3, -0.25) is 0 Å². The highest BCUT2D eigenvalue weighted by Gasteiger charge is 2.24. The van der Waals surface area contributed by atoms with Crippen molar-refractivity contribution in [3.63, 3.8) is 0 Å². The number of hydrogen-bond acceptors (Lipinski definition) is 4. The van der Waals surface area contributed by atoms with Crippen LogP contribution in [0, 0.1) is 5.92 Å². The topological polar surface area (TPSA) is 69.6 Å². The Hall–Kier alpha value is -0.170. The lowest BCUT2D eigenvalue weighted by molar-refractivity contribution is 0.265. The van der Waals surface area contributed by atoms with Crippen molar-refractivity contribution in [2.45, 2.75) is 12.8 Å². The molecule has 1 heterocycles. The second-order valence-corrected chi connectivity index (χ2v) is 6.14. The molecule has 6 heteroatoms. The van der Waals surface area contributed by atoms with Crippen molar-refractivity contribution >= 4 is 10.0 Å². The minimum absolute atomic E-state index is 0.123. The third kappa shape index (κ3) is 4.06. The van der Waals surface area contributed by atoms with Gasteiger partial charge in [-0.2, -0.15) is 0 Å². The Labute approximate surface area is 91.5 Å². The van der Waals surface area contributed by atoms with E-state index < -0.39 is 10.0 Å². The summed E-state index contributed by atoms with van der Waals surface area (Å²) >= 11 is 0. The van der Waals surface area contributed by atoms with Crippen LogP contribution in [0.25, 0.3) is 0 Å². The Morgan fingerprint density at radius 1 is 1.40 bits per heavy atom. The van der Waals surface area contributed by atoms with Crippen LogP contribution < -0.4 is 5.32 Å². The largest absolute Gasteiger partial charge is 0.395 e. The maximum Gasteiger partial charge on any atom is 0.214 e. The minimum atomic E-state index is -3.18. The Kier molecular flexibility index (Phi) is 4.98. The third-order valence-electron chi connectivity index (χ3n) is 2.79. The predicted molar refractivity (Wildman–Crippen MR) is 59.1 cm³/mol. The van der Waals surface area contributed by atoms with Crippen molar-refractivity contribution in [3.05, 3.63) is 0 Å². The lowest BCUT2D eigenvalue weighted by atomic mass is 10.0. The second kappa shape index (κ2) is 5.79. The number of rotatable bonds is 5. The van der Waals surface area contributed by atoms with E-state index in [0.29, 0.717) is 0 Å². The molecule has 0 spiro atoms. The molecule has 15 heavy (non-hydrogen) atoms. The van der Waals surface area contributed by atoms with Crippen molar-refractivity contribution in [3.8, 4) is 0 Å². The highest BCUT2D eigenvalue weighted by atomic mass is 32.2. The third-order valence-corrected chi connectivity index (χ3v) is 4.82. The Balaban J connectivity index is 2.47. The Bertz CT molecular complexity index is 273. The summed E-state index contributed by atoms with van der Waals surface area (Å²) in [6, 6.07) is 0. The minimum Gasteiger partial charge on any atom is -0.395 e. The Morgan fingerprint density at radius 2 is 2.00 bits per heavy atom. The van der Waals surface area contributed by atoms with E-state index in [1.54, 1.807) is 0 Å². The standard InChI is InChI=1S/C9H20N2O3S/c1-11(6-7-12)15(13,14)8-9-2-4-10-5-3-9/h9-10,12H,2-8H2,1H3. The van der Waals surface area contributed by atoms with Gasteiger partial charge in [0.25, 0.3) is 0 Å². The van der Waals surface area contributed by atoms with Crippen LogP contribution >= 0.6 is 0 Å². The first-order valence-corrected chi connectivity index (χ1v) is 6.93. The number of aliphatic hydroxyl groups is 1. The van der Waals surface area contributed by atoms with E-state index in [9.17, 15) is 8.42 Å². The van der Waals surface area contributed by atoms with Crippen molar-refractivity contribution in [1.29, 1.82) is 0 Å². The van der Waals surface area contributed by atoms with Crippen molar-refractivity contribution in [2.75, 3.05) is 39.0 Å². The molecule has 0 unspecified atom stereocenters. The van der Waals surface area contributed by atoms with Crippen molar-refractivity contribution in [1.82, 2.24) is 9.62 Å². The van der Waals surface area contributed by atoms with Gasteiger partial charge in [0, 0.05) is 13.6 Å². The summed E-state index contributed by atoms with van der Waals surface area (Å²) in [5, 5.41) is 11.9. The first kappa shape index (κ1) is 12.9. The average molecular weight is 236 g/mol. The van der Waals surface area contributed by atoms with Crippen molar-refractivity contribution < 1.29 is 13.5 Å². The van der Waals surface area contributed by atoms with Crippen LogP contribution in [0.2, 0.25) is 0 Å². The molecule has 0 amide bonds. The SMILES string of the molecule is CN(CCO)S(=O)(=O)CC1CCNCC1. The molecular weight excluding hydrogens is 216 g/mol. The fourth-order valence-electron chi connectivity index (χ4n) is 1.75. The fourth-order valence-corrected chi connectivity index (χ4v) is 3.30. The van der Waals surface area contributed by atoms with Crippen LogP contribution in [-0.2, 0) is 10.0 Å². The van der Waals surface area contributed by atoms with Gasteiger partial charge >= 0.3 is 0 Å². The molecule has 1 saturated heterocycles. The molecule has 0 aromatic carbocycles. The number of hydrogen-bond donors (Lipinski definition) is 2. The van der Waals surface area contributed by atoms with Crippen molar-refractivity contribution in [2.24, 2.45) is 5.92 Å². The van der Waals surface area contributed by atoms with Gasteiger partial charge in [0.1, 0.15) is 0 Å². The summed E-state index contributed by atoms with van der Waals surface area (Å²) in [7, 11) is -1.66. The zero-order valence-electron chi connectivity index (χ0n) is 9.15. The molecule has 0 aliphatic carbocycles. The first-order chi connectivity index (χ1) is 7.06. The molecule has 5 nitrogen and oxygen atoms in total. The average Bonchev–Trinajstić information content (AvgIpc) is 2.19. The van der Waals surface area contributed by atoms with Gasteiger partial charge in [-0.25, -0.2) is 12.7 Å². The maximum absolute atomic E-state index is 11.8. The van der Waals surface area contributed by atoms with Gasteiger partial charge in [-0.1, -0.05) is 0 Å². The molecule has 0 radical (unpaired) electrons. The molecule has 0 saturated carbocycles. The molecular formula is C9H20N2O3S. The summed E-state index contributed by atoms with van der Waals surface area (Å²) in [4.78, 5) is 0.